The second-order valence-corrected chi connectivity index (χ2v) is 16.6. The Kier molecular flexibility index (Phi) is 19.6. The van der Waals surface area contributed by atoms with Gasteiger partial charge in [0.05, 0.1) is 0 Å². The third-order valence-electron chi connectivity index (χ3n) is 8.67. The fourth-order valence-electron chi connectivity index (χ4n) is 6.05. The Hall–Kier alpha value is -1.19. The van der Waals surface area contributed by atoms with Gasteiger partial charge in [-0.2, -0.15) is 17.7 Å². The summed E-state index contributed by atoms with van der Waals surface area (Å²) in [6.07, 6.45) is 10.9. The number of hydrogen-bond acceptors (Lipinski definition) is 0. The molecule has 0 fully saturated rings. The van der Waals surface area contributed by atoms with E-state index in [1.165, 1.54) is 81.5 Å². The van der Waals surface area contributed by atoms with Crippen molar-refractivity contribution >= 4 is 28.8 Å². The Morgan fingerprint density at radius 1 is 0.523 bits per heavy atom. The van der Waals surface area contributed by atoms with E-state index >= 15 is 0 Å². The molecule has 0 bridgehead atoms. The molecule has 0 heterocycles. The van der Waals surface area contributed by atoms with Crippen LogP contribution in [0.4, 0.5) is 0 Å². The average Bonchev–Trinajstić information content (AvgIpc) is 3.48. The van der Waals surface area contributed by atoms with Crippen molar-refractivity contribution in [2.75, 3.05) is 0 Å². The van der Waals surface area contributed by atoms with Crippen LogP contribution in [0.2, 0.25) is 0 Å². The minimum absolute atomic E-state index is 0. The summed E-state index contributed by atoms with van der Waals surface area (Å²) in [4.78, 5) is 0. The maximum Gasteiger partial charge on any atom is 4.00 e. The third-order valence-corrected chi connectivity index (χ3v) is 13.4. The molecule has 0 saturated heterocycles. The number of benzene rings is 3. The van der Waals surface area contributed by atoms with E-state index < -0.39 is 8.07 Å². The first kappa shape index (κ1) is 42.8. The monoisotopic (exact) mass is 700 g/mol. The van der Waals surface area contributed by atoms with E-state index in [4.69, 9.17) is 0 Å². The van der Waals surface area contributed by atoms with Crippen LogP contribution in [0.1, 0.15) is 102 Å². The van der Waals surface area contributed by atoms with Crippen LogP contribution in [0.3, 0.4) is 0 Å². The molecule has 4 rings (SSSR count). The first-order valence-electron chi connectivity index (χ1n) is 15.9. The Bertz CT molecular complexity index is 1190. The van der Waals surface area contributed by atoms with Crippen molar-refractivity contribution in [3.05, 3.63) is 113 Å². The van der Waals surface area contributed by atoms with Crippen molar-refractivity contribution in [1.29, 1.82) is 0 Å². The smallest absolute Gasteiger partial charge is 1.00 e. The molecule has 0 atom stereocenters. The zero-order valence-electron chi connectivity index (χ0n) is 27.7. The van der Waals surface area contributed by atoms with Crippen LogP contribution in [-0.2, 0) is 46.4 Å². The Morgan fingerprint density at radius 2 is 0.841 bits per heavy atom. The van der Waals surface area contributed by atoms with Gasteiger partial charge >= 0.3 is 21.7 Å². The summed E-state index contributed by atoms with van der Waals surface area (Å²) < 4.78 is 0. The molecule has 5 heteroatoms. The van der Waals surface area contributed by atoms with Gasteiger partial charge in [-0.25, -0.2) is 6.07 Å². The number of unbranched alkanes of at least 4 members (excludes halogenated alkanes) is 3. The van der Waals surface area contributed by atoms with Crippen LogP contribution in [0.15, 0.2) is 91.0 Å². The molecule has 236 valence electrons. The Labute approximate surface area is 303 Å². The van der Waals surface area contributed by atoms with E-state index in [1.807, 2.05) is 0 Å². The van der Waals surface area contributed by atoms with Crippen LogP contribution in [0.25, 0.3) is 0 Å². The number of hydrogen-bond donors (Lipinski definition) is 0. The molecular weight excluding hydrogens is 651 g/mol. The summed E-state index contributed by atoms with van der Waals surface area (Å²) in [7, 11) is -2.52. The van der Waals surface area contributed by atoms with Crippen LogP contribution in [-0.4, -0.2) is 8.07 Å². The fraction of sp³-hybridized carbons (Fsp3) is 0.410. The van der Waals surface area contributed by atoms with Crippen LogP contribution in [0, 0.1) is 0 Å². The molecule has 0 aromatic heterocycles. The molecule has 0 amide bonds. The second kappa shape index (κ2) is 20.1. The van der Waals surface area contributed by atoms with Crippen molar-refractivity contribution < 1.29 is 58.9 Å². The zero-order valence-corrected chi connectivity index (χ0v) is 32.5. The van der Waals surface area contributed by atoms with Gasteiger partial charge in [-0.05, 0) is 55.2 Å². The minimum Gasteiger partial charge on any atom is -1.00 e. The van der Waals surface area contributed by atoms with Crippen molar-refractivity contribution in [1.82, 2.24) is 0 Å². The van der Waals surface area contributed by atoms with E-state index in [0.29, 0.717) is 0 Å². The van der Waals surface area contributed by atoms with E-state index in [1.54, 1.807) is 0 Å². The third kappa shape index (κ3) is 10.2. The van der Waals surface area contributed by atoms with Gasteiger partial charge < -0.3 is 37.2 Å². The van der Waals surface area contributed by atoms with Crippen LogP contribution < -0.4 is 58.0 Å². The molecule has 4 aromatic carbocycles. The molecule has 4 aromatic rings. The molecule has 0 aliphatic rings. The van der Waals surface area contributed by atoms with E-state index in [0.717, 1.165) is 19.3 Å². The largest absolute Gasteiger partial charge is 4.00 e. The van der Waals surface area contributed by atoms with Gasteiger partial charge in [0.15, 0.2) is 0 Å². The summed E-state index contributed by atoms with van der Waals surface area (Å²) in [6, 6.07) is 36.6. The SMILES string of the molecule is CCCCc1ccc([Si](c2ccc(CCCC)cc2)(c2ccc(CCCC)cc2)[c-]2ccc(C(C)(C)C)c2)cc1.[Cl-].[Cl-].[Cl-].[Ti+4]. The predicted molar refractivity (Wildman–Crippen MR) is 180 cm³/mol. The summed E-state index contributed by atoms with van der Waals surface area (Å²) in [5.41, 5.74) is 5.91. The quantitative estimate of drug-likeness (QED) is 0.0967. The van der Waals surface area contributed by atoms with Crippen LogP contribution in [0.5, 0.6) is 0 Å². The molecular formula is C39H51Cl3SiTi. The van der Waals surface area contributed by atoms with Gasteiger partial charge in [0.25, 0.3) is 0 Å². The Morgan fingerprint density at radius 3 is 1.09 bits per heavy atom. The molecule has 44 heavy (non-hydrogen) atoms. The zero-order chi connectivity index (χ0) is 28.6. The summed E-state index contributed by atoms with van der Waals surface area (Å²) in [5, 5.41) is 5.96. The Balaban J connectivity index is 0.00000462. The molecule has 0 spiro atoms. The second-order valence-electron chi connectivity index (χ2n) is 12.8. The molecule has 0 aliphatic heterocycles. The van der Waals surface area contributed by atoms with Gasteiger partial charge in [0.1, 0.15) is 8.07 Å². The van der Waals surface area contributed by atoms with Gasteiger partial charge in [-0.1, -0.05) is 155 Å². The van der Waals surface area contributed by atoms with E-state index in [-0.39, 0.29) is 64.4 Å². The number of aryl methyl sites for hydroxylation is 3. The first-order valence-corrected chi connectivity index (χ1v) is 17.9. The van der Waals surface area contributed by atoms with Gasteiger partial charge in [-0.15, -0.1) is 5.19 Å². The maximum absolute atomic E-state index is 2.53. The molecule has 0 radical (unpaired) electrons. The van der Waals surface area contributed by atoms with Gasteiger partial charge in [0.2, 0.25) is 0 Å². The first-order chi connectivity index (χ1) is 19.3. The fourth-order valence-corrected chi connectivity index (χ4v) is 10.8. The summed E-state index contributed by atoms with van der Waals surface area (Å²) in [5.74, 6) is 0. The van der Waals surface area contributed by atoms with Gasteiger partial charge in [-0.3, -0.25) is 0 Å². The predicted octanol–water partition coefficient (Wildman–Crippen LogP) is -0.882. The van der Waals surface area contributed by atoms with Crippen LogP contribution >= 0.6 is 0 Å². The molecule has 0 saturated carbocycles. The standard InChI is InChI=1S/C39H51Si.3ClH.Ti/c1-7-10-13-31-16-23-35(24-17-31)40(38-29-22-34(30-38)39(4,5)6,36-25-18-32(19-26-36)14-11-8-2)37-27-20-33(21-28-37)15-12-9-3;;;;/h16-30H,7-15H2,1-6H3;3*1H;/q-1;;;;+4/p-3. The van der Waals surface area contributed by atoms with Crippen molar-refractivity contribution in [3.63, 3.8) is 0 Å². The molecule has 0 nitrogen and oxygen atoms in total. The maximum atomic E-state index is 2.53. The van der Waals surface area contributed by atoms with Crippen molar-refractivity contribution in [2.24, 2.45) is 0 Å². The molecule has 0 N–H and O–H groups in total. The minimum atomic E-state index is -2.52. The number of rotatable bonds is 13. The number of halogens is 3. The topological polar surface area (TPSA) is 0 Å². The normalized spacial score (nSPS) is 11.0. The van der Waals surface area contributed by atoms with Gasteiger partial charge in [0, 0.05) is 0 Å². The van der Waals surface area contributed by atoms with Crippen molar-refractivity contribution in [2.45, 2.75) is 105 Å². The van der Waals surface area contributed by atoms with E-state index in [9.17, 15) is 0 Å². The molecule has 0 aliphatic carbocycles. The average molecular weight is 702 g/mol. The summed E-state index contributed by atoms with van der Waals surface area (Å²) >= 11 is 0. The molecule has 0 unspecified atom stereocenters. The van der Waals surface area contributed by atoms with Crippen molar-refractivity contribution in [3.8, 4) is 0 Å². The van der Waals surface area contributed by atoms with E-state index in [2.05, 4.69) is 133 Å². The summed E-state index contributed by atoms with van der Waals surface area (Å²) in [6.45, 7) is 13.9.